The SMILES string of the molecule is O=C(COC(=O)C1CCN(S(=O)(=O)c2c(Cl)cccc2Cl)CC1)NC(=O)C1CCCCC1. The smallest absolute Gasteiger partial charge is 0.309 e. The minimum absolute atomic E-state index is 0.0350. The maximum absolute atomic E-state index is 12.9. The zero-order chi connectivity index (χ0) is 23.3. The molecule has 11 heteroatoms. The number of benzene rings is 1. The van der Waals surface area contributed by atoms with Gasteiger partial charge in [0.2, 0.25) is 15.9 Å². The number of hydrogen-bond acceptors (Lipinski definition) is 6. The van der Waals surface area contributed by atoms with E-state index in [-0.39, 0.29) is 52.7 Å². The number of carbonyl (C=O) groups excluding carboxylic acids is 3. The van der Waals surface area contributed by atoms with Gasteiger partial charge in [0.25, 0.3) is 5.91 Å². The van der Waals surface area contributed by atoms with E-state index in [4.69, 9.17) is 27.9 Å². The number of imide groups is 1. The minimum Gasteiger partial charge on any atom is -0.455 e. The Labute approximate surface area is 197 Å². The summed E-state index contributed by atoms with van der Waals surface area (Å²) in [5, 5.41) is 2.37. The summed E-state index contributed by atoms with van der Waals surface area (Å²) in [5.74, 6) is -2.26. The summed E-state index contributed by atoms with van der Waals surface area (Å²) < 4.78 is 32.1. The predicted molar refractivity (Wildman–Crippen MR) is 119 cm³/mol. The summed E-state index contributed by atoms with van der Waals surface area (Å²) >= 11 is 12.1. The van der Waals surface area contributed by atoms with Crippen LogP contribution in [0.15, 0.2) is 23.1 Å². The van der Waals surface area contributed by atoms with E-state index in [0.717, 1.165) is 32.1 Å². The lowest BCUT2D eigenvalue weighted by Crippen LogP contribution is -2.42. The molecule has 0 atom stereocenters. The van der Waals surface area contributed by atoms with Gasteiger partial charge in [-0.25, -0.2) is 8.42 Å². The van der Waals surface area contributed by atoms with E-state index in [2.05, 4.69) is 5.32 Å². The zero-order valence-electron chi connectivity index (χ0n) is 17.5. The average molecular weight is 505 g/mol. The second-order valence-corrected chi connectivity index (χ2v) is 10.8. The van der Waals surface area contributed by atoms with Crippen LogP contribution in [0, 0.1) is 11.8 Å². The van der Waals surface area contributed by atoms with E-state index < -0.39 is 34.4 Å². The maximum Gasteiger partial charge on any atom is 0.309 e. The van der Waals surface area contributed by atoms with Crippen LogP contribution in [-0.2, 0) is 29.1 Å². The Morgan fingerprint density at radius 2 is 1.56 bits per heavy atom. The molecule has 1 aromatic carbocycles. The van der Waals surface area contributed by atoms with Crippen molar-refractivity contribution in [3.63, 3.8) is 0 Å². The predicted octanol–water partition coefficient (Wildman–Crippen LogP) is 3.16. The van der Waals surface area contributed by atoms with E-state index in [1.807, 2.05) is 0 Å². The van der Waals surface area contributed by atoms with Gasteiger partial charge >= 0.3 is 5.97 Å². The maximum atomic E-state index is 12.9. The van der Waals surface area contributed by atoms with Crippen LogP contribution in [0.3, 0.4) is 0 Å². The molecule has 176 valence electrons. The molecule has 0 spiro atoms. The second kappa shape index (κ2) is 11.0. The minimum atomic E-state index is -3.91. The Hall–Kier alpha value is -1.68. The van der Waals surface area contributed by atoms with Crippen LogP contribution in [-0.4, -0.2) is 50.2 Å². The molecule has 0 aromatic heterocycles. The Kier molecular flexibility index (Phi) is 8.55. The normalized spacial score (nSPS) is 18.8. The van der Waals surface area contributed by atoms with E-state index >= 15 is 0 Å². The van der Waals surface area contributed by atoms with Crippen molar-refractivity contribution in [3.05, 3.63) is 28.2 Å². The first-order chi connectivity index (χ1) is 15.2. The molecule has 1 aromatic rings. The molecule has 2 fully saturated rings. The molecule has 0 radical (unpaired) electrons. The highest BCUT2D eigenvalue weighted by molar-refractivity contribution is 7.89. The highest BCUT2D eigenvalue weighted by Crippen LogP contribution is 2.33. The zero-order valence-corrected chi connectivity index (χ0v) is 19.8. The molecule has 8 nitrogen and oxygen atoms in total. The number of halogens is 2. The molecule has 1 saturated heterocycles. The lowest BCUT2D eigenvalue weighted by Gasteiger charge is -2.30. The van der Waals surface area contributed by atoms with Crippen LogP contribution >= 0.6 is 23.2 Å². The molecule has 1 aliphatic carbocycles. The summed E-state index contributed by atoms with van der Waals surface area (Å²) in [5.41, 5.74) is 0. The van der Waals surface area contributed by atoms with Crippen molar-refractivity contribution in [2.45, 2.75) is 49.8 Å². The molecule has 3 rings (SSSR count). The van der Waals surface area contributed by atoms with Crippen molar-refractivity contribution in [2.24, 2.45) is 11.8 Å². The van der Waals surface area contributed by atoms with Gasteiger partial charge in [0.05, 0.1) is 16.0 Å². The molecular formula is C21H26Cl2N2O6S. The third-order valence-electron chi connectivity index (χ3n) is 5.89. The molecule has 1 saturated carbocycles. The fourth-order valence-corrected chi connectivity index (χ4v) is 6.65. The van der Waals surface area contributed by atoms with Gasteiger partial charge in [0.15, 0.2) is 6.61 Å². The number of esters is 1. The van der Waals surface area contributed by atoms with Gasteiger partial charge in [0.1, 0.15) is 4.90 Å². The van der Waals surface area contributed by atoms with Crippen LogP contribution in [0.4, 0.5) is 0 Å². The third-order valence-corrected chi connectivity index (χ3v) is 8.74. The quantitative estimate of drug-likeness (QED) is 0.595. The number of piperidine rings is 1. The van der Waals surface area contributed by atoms with Gasteiger partial charge in [-0.1, -0.05) is 48.5 Å². The first-order valence-corrected chi connectivity index (χ1v) is 12.8. The van der Waals surface area contributed by atoms with Crippen molar-refractivity contribution in [3.8, 4) is 0 Å². The standard InChI is InChI=1S/C21H26Cl2N2O6S/c22-16-7-4-8-17(23)19(16)32(29,30)25-11-9-15(10-12-25)21(28)31-13-18(26)24-20(27)14-5-2-1-3-6-14/h4,7-8,14-15H,1-3,5-6,9-13H2,(H,24,26,27). The van der Waals surface area contributed by atoms with E-state index in [9.17, 15) is 22.8 Å². The monoisotopic (exact) mass is 504 g/mol. The topological polar surface area (TPSA) is 110 Å². The third kappa shape index (κ3) is 6.01. The van der Waals surface area contributed by atoms with Crippen LogP contribution in [0.25, 0.3) is 0 Å². The summed E-state index contributed by atoms with van der Waals surface area (Å²) in [6.07, 6.45) is 5.04. The first-order valence-electron chi connectivity index (χ1n) is 10.6. The molecule has 0 bridgehead atoms. The first kappa shape index (κ1) is 25.0. The molecule has 2 aliphatic rings. The molecule has 32 heavy (non-hydrogen) atoms. The molecule has 0 unspecified atom stereocenters. The average Bonchev–Trinajstić information content (AvgIpc) is 2.78. The lowest BCUT2D eigenvalue weighted by molar-refractivity contribution is -0.154. The van der Waals surface area contributed by atoms with Crippen LogP contribution in [0.5, 0.6) is 0 Å². The van der Waals surface area contributed by atoms with Crippen molar-refractivity contribution in [2.75, 3.05) is 19.7 Å². The van der Waals surface area contributed by atoms with Gasteiger partial charge in [-0.05, 0) is 37.8 Å². The molecule has 1 aliphatic heterocycles. The Bertz CT molecular complexity index is 950. The largest absolute Gasteiger partial charge is 0.455 e. The molecule has 1 N–H and O–H groups in total. The number of sulfonamides is 1. The summed E-state index contributed by atoms with van der Waals surface area (Å²) in [6, 6.07) is 4.47. The highest BCUT2D eigenvalue weighted by Gasteiger charge is 2.35. The number of rotatable bonds is 6. The van der Waals surface area contributed by atoms with E-state index in [1.54, 1.807) is 6.07 Å². The van der Waals surface area contributed by atoms with Crippen LogP contribution < -0.4 is 5.32 Å². The summed E-state index contributed by atoms with van der Waals surface area (Å²) in [6.45, 7) is -0.350. The van der Waals surface area contributed by atoms with Crippen LogP contribution in [0.1, 0.15) is 44.9 Å². The number of amides is 2. The Morgan fingerprint density at radius 1 is 0.969 bits per heavy atom. The van der Waals surface area contributed by atoms with Gasteiger partial charge in [-0.3, -0.25) is 19.7 Å². The molecule has 1 heterocycles. The summed E-state index contributed by atoms with van der Waals surface area (Å²) in [4.78, 5) is 36.2. The number of ether oxygens (including phenoxy) is 1. The number of hydrogen-bond donors (Lipinski definition) is 1. The molecule has 2 amide bonds. The highest BCUT2D eigenvalue weighted by atomic mass is 35.5. The Balaban J connectivity index is 1.47. The van der Waals surface area contributed by atoms with Gasteiger partial charge in [-0.15, -0.1) is 0 Å². The van der Waals surface area contributed by atoms with E-state index in [1.165, 1.54) is 16.4 Å². The summed E-state index contributed by atoms with van der Waals surface area (Å²) in [7, 11) is -3.91. The van der Waals surface area contributed by atoms with Crippen molar-refractivity contribution < 1.29 is 27.5 Å². The number of nitrogens with zero attached hydrogens (tertiary/aromatic N) is 1. The fourth-order valence-electron chi connectivity index (χ4n) is 4.08. The van der Waals surface area contributed by atoms with Crippen molar-refractivity contribution in [1.29, 1.82) is 0 Å². The van der Waals surface area contributed by atoms with Crippen molar-refractivity contribution in [1.82, 2.24) is 9.62 Å². The van der Waals surface area contributed by atoms with Gasteiger partial charge in [0, 0.05) is 19.0 Å². The van der Waals surface area contributed by atoms with E-state index in [0.29, 0.717) is 0 Å². The fraction of sp³-hybridized carbons (Fsp3) is 0.571. The Morgan fingerprint density at radius 3 is 2.16 bits per heavy atom. The van der Waals surface area contributed by atoms with Gasteiger partial charge < -0.3 is 4.74 Å². The number of nitrogens with one attached hydrogen (secondary N) is 1. The molecular weight excluding hydrogens is 479 g/mol. The van der Waals surface area contributed by atoms with Gasteiger partial charge in [-0.2, -0.15) is 4.31 Å². The number of carbonyl (C=O) groups is 3. The van der Waals surface area contributed by atoms with Crippen molar-refractivity contribution >= 4 is 51.0 Å². The lowest BCUT2D eigenvalue weighted by atomic mass is 9.89. The van der Waals surface area contributed by atoms with Crippen LogP contribution in [0.2, 0.25) is 10.0 Å². The second-order valence-electron chi connectivity index (χ2n) is 8.08.